The summed E-state index contributed by atoms with van der Waals surface area (Å²) in [5, 5.41) is 14.5. The van der Waals surface area contributed by atoms with E-state index in [0.717, 1.165) is 27.8 Å². The van der Waals surface area contributed by atoms with Crippen molar-refractivity contribution in [2.45, 2.75) is 26.6 Å². The average molecular weight is 445 g/mol. The van der Waals surface area contributed by atoms with E-state index in [1.807, 2.05) is 59.2 Å². The number of hydrogen-bond acceptors (Lipinski definition) is 4. The molecule has 0 unspecified atom stereocenters. The van der Waals surface area contributed by atoms with E-state index in [-0.39, 0.29) is 5.69 Å². The molecule has 6 heteroatoms. The van der Waals surface area contributed by atoms with Crippen LogP contribution in [0.5, 0.6) is 11.5 Å². The first kappa shape index (κ1) is 22.4. The highest BCUT2D eigenvalue weighted by Crippen LogP contribution is 2.31. The molecule has 4 rings (SSSR count). The fraction of sp³-hybridized carbons (Fsp3) is 0.222. The fourth-order valence-corrected chi connectivity index (χ4v) is 4.16. The van der Waals surface area contributed by atoms with Gasteiger partial charge in [0.2, 0.25) is 0 Å². The van der Waals surface area contributed by atoms with Gasteiger partial charge in [-0.3, -0.25) is 0 Å². The van der Waals surface area contributed by atoms with Crippen LogP contribution in [0, 0.1) is 6.92 Å². The van der Waals surface area contributed by atoms with E-state index in [4.69, 9.17) is 9.47 Å². The molecule has 0 saturated carbocycles. The predicted octanol–water partition coefficient (Wildman–Crippen LogP) is 5.00. The Morgan fingerprint density at radius 2 is 1.64 bits per heavy atom. The number of fused-ring (bicyclic) bond motifs is 1. The van der Waals surface area contributed by atoms with Gasteiger partial charge in [0.15, 0.2) is 0 Å². The molecule has 0 radical (unpaired) electrons. The SMILES string of the molecule is COc1ccc(Cn2c(C(=O)O)c(CNCc3ccccc3C)c3ccc(OC)cc32)cc1. The summed E-state index contributed by atoms with van der Waals surface area (Å²) in [7, 11) is 3.24. The van der Waals surface area contributed by atoms with E-state index in [9.17, 15) is 9.90 Å². The van der Waals surface area contributed by atoms with Crippen molar-refractivity contribution >= 4 is 16.9 Å². The fourth-order valence-electron chi connectivity index (χ4n) is 4.16. The van der Waals surface area contributed by atoms with Crippen molar-refractivity contribution in [2.24, 2.45) is 0 Å². The first-order chi connectivity index (χ1) is 16.0. The minimum absolute atomic E-state index is 0.284. The molecule has 33 heavy (non-hydrogen) atoms. The van der Waals surface area contributed by atoms with E-state index in [1.165, 1.54) is 11.1 Å². The lowest BCUT2D eigenvalue weighted by atomic mass is 10.1. The third kappa shape index (κ3) is 4.71. The summed E-state index contributed by atoms with van der Waals surface area (Å²) in [6.45, 7) is 3.60. The lowest BCUT2D eigenvalue weighted by molar-refractivity contribution is 0.0684. The number of nitrogens with one attached hydrogen (secondary N) is 1. The molecule has 1 heterocycles. The Bertz CT molecular complexity index is 1280. The quantitative estimate of drug-likeness (QED) is 0.380. The van der Waals surface area contributed by atoms with Crippen LogP contribution in [0.2, 0.25) is 0 Å². The second-order valence-electron chi connectivity index (χ2n) is 7.98. The van der Waals surface area contributed by atoms with Crippen LogP contribution in [0.4, 0.5) is 0 Å². The maximum absolute atomic E-state index is 12.4. The Labute approximate surface area is 193 Å². The van der Waals surface area contributed by atoms with E-state index >= 15 is 0 Å². The lowest BCUT2D eigenvalue weighted by Crippen LogP contribution is -2.17. The Morgan fingerprint density at radius 1 is 0.939 bits per heavy atom. The standard InChI is InChI=1S/C27H28N2O4/c1-18-6-4-5-7-20(18)15-28-16-24-23-13-12-22(33-3)14-25(23)29(26(24)27(30)31)17-19-8-10-21(32-2)11-9-19/h4-14,28H,15-17H2,1-3H3,(H,30,31). The normalized spacial score (nSPS) is 11.0. The first-order valence-corrected chi connectivity index (χ1v) is 10.8. The number of rotatable bonds is 9. The molecule has 0 aliphatic carbocycles. The van der Waals surface area contributed by atoms with Gasteiger partial charge in [-0.1, -0.05) is 36.4 Å². The van der Waals surface area contributed by atoms with E-state index in [1.54, 1.807) is 14.2 Å². The largest absolute Gasteiger partial charge is 0.497 e. The topological polar surface area (TPSA) is 72.7 Å². The van der Waals surface area contributed by atoms with Crippen molar-refractivity contribution in [3.63, 3.8) is 0 Å². The maximum Gasteiger partial charge on any atom is 0.352 e. The lowest BCUT2D eigenvalue weighted by Gasteiger charge is -2.11. The molecule has 0 aliphatic rings. The van der Waals surface area contributed by atoms with Crippen LogP contribution < -0.4 is 14.8 Å². The maximum atomic E-state index is 12.4. The van der Waals surface area contributed by atoms with Gasteiger partial charge in [-0.05, 0) is 47.9 Å². The summed E-state index contributed by atoms with van der Waals surface area (Å²) in [5.41, 5.74) is 5.26. The van der Waals surface area contributed by atoms with Crippen molar-refractivity contribution in [1.29, 1.82) is 0 Å². The van der Waals surface area contributed by atoms with Gasteiger partial charge >= 0.3 is 5.97 Å². The predicted molar refractivity (Wildman–Crippen MR) is 129 cm³/mol. The Balaban J connectivity index is 1.74. The molecule has 0 fully saturated rings. The van der Waals surface area contributed by atoms with Gasteiger partial charge in [0, 0.05) is 36.7 Å². The number of aryl methyl sites for hydroxylation is 1. The third-order valence-corrected chi connectivity index (χ3v) is 5.96. The third-order valence-electron chi connectivity index (χ3n) is 5.96. The van der Waals surface area contributed by atoms with Crippen LogP contribution in [0.15, 0.2) is 66.7 Å². The van der Waals surface area contributed by atoms with Crippen LogP contribution in [0.25, 0.3) is 10.9 Å². The second-order valence-corrected chi connectivity index (χ2v) is 7.98. The van der Waals surface area contributed by atoms with Gasteiger partial charge in [-0.25, -0.2) is 4.79 Å². The molecule has 0 bridgehead atoms. The minimum atomic E-state index is -0.952. The summed E-state index contributed by atoms with van der Waals surface area (Å²) in [5.74, 6) is 0.496. The smallest absolute Gasteiger partial charge is 0.352 e. The zero-order chi connectivity index (χ0) is 23.4. The molecular weight excluding hydrogens is 416 g/mol. The number of hydrogen-bond donors (Lipinski definition) is 2. The van der Waals surface area contributed by atoms with Gasteiger partial charge in [0.25, 0.3) is 0 Å². The number of methoxy groups -OCH3 is 2. The van der Waals surface area contributed by atoms with Gasteiger partial charge in [-0.15, -0.1) is 0 Å². The summed E-state index contributed by atoms with van der Waals surface area (Å²) in [4.78, 5) is 12.4. The molecule has 0 spiro atoms. The zero-order valence-corrected chi connectivity index (χ0v) is 19.1. The molecule has 6 nitrogen and oxygen atoms in total. The first-order valence-electron chi connectivity index (χ1n) is 10.8. The molecule has 170 valence electrons. The van der Waals surface area contributed by atoms with Crippen LogP contribution in [-0.2, 0) is 19.6 Å². The molecule has 4 aromatic rings. The summed E-state index contributed by atoms with van der Waals surface area (Å²) < 4.78 is 12.5. The van der Waals surface area contributed by atoms with Crippen molar-refractivity contribution < 1.29 is 19.4 Å². The number of carbonyl (C=O) groups is 1. The minimum Gasteiger partial charge on any atom is -0.497 e. The summed E-state index contributed by atoms with van der Waals surface area (Å²) in [6, 6.07) is 21.6. The van der Waals surface area contributed by atoms with Crippen molar-refractivity contribution in [3.05, 3.63) is 94.7 Å². The Kier molecular flexibility index (Phi) is 6.66. The molecule has 0 atom stereocenters. The summed E-state index contributed by atoms with van der Waals surface area (Å²) >= 11 is 0. The van der Waals surface area contributed by atoms with Crippen LogP contribution >= 0.6 is 0 Å². The zero-order valence-electron chi connectivity index (χ0n) is 19.1. The number of carboxylic acid groups (broad SMARTS) is 1. The molecule has 3 aromatic carbocycles. The molecule has 2 N–H and O–H groups in total. The molecule has 1 aromatic heterocycles. The van der Waals surface area contributed by atoms with E-state index in [0.29, 0.717) is 25.4 Å². The number of carboxylic acids is 1. The molecule has 0 amide bonds. The number of ether oxygens (including phenoxy) is 2. The van der Waals surface area contributed by atoms with E-state index in [2.05, 4.69) is 24.4 Å². The number of aromatic nitrogens is 1. The highest BCUT2D eigenvalue weighted by Gasteiger charge is 2.23. The number of benzene rings is 3. The van der Waals surface area contributed by atoms with Crippen LogP contribution in [-0.4, -0.2) is 29.9 Å². The molecular formula is C27H28N2O4. The average Bonchev–Trinajstić information content (AvgIpc) is 3.13. The van der Waals surface area contributed by atoms with Crippen molar-refractivity contribution in [2.75, 3.05) is 14.2 Å². The highest BCUT2D eigenvalue weighted by atomic mass is 16.5. The van der Waals surface area contributed by atoms with Crippen LogP contribution in [0.3, 0.4) is 0 Å². The Hall–Kier alpha value is -3.77. The van der Waals surface area contributed by atoms with Gasteiger partial charge in [0.05, 0.1) is 19.7 Å². The van der Waals surface area contributed by atoms with Crippen molar-refractivity contribution in [3.8, 4) is 11.5 Å². The van der Waals surface area contributed by atoms with E-state index < -0.39 is 5.97 Å². The van der Waals surface area contributed by atoms with Crippen molar-refractivity contribution in [1.82, 2.24) is 9.88 Å². The molecule has 0 aliphatic heterocycles. The number of nitrogens with zero attached hydrogens (tertiary/aromatic N) is 1. The molecule has 0 saturated heterocycles. The highest BCUT2D eigenvalue weighted by molar-refractivity contribution is 5.98. The monoisotopic (exact) mass is 444 g/mol. The Morgan fingerprint density at radius 3 is 2.30 bits per heavy atom. The number of aromatic carboxylic acids is 1. The van der Waals surface area contributed by atoms with Crippen LogP contribution in [0.1, 0.15) is 32.7 Å². The van der Waals surface area contributed by atoms with Gasteiger partial charge in [0.1, 0.15) is 17.2 Å². The van der Waals surface area contributed by atoms with Gasteiger partial charge in [-0.2, -0.15) is 0 Å². The summed E-state index contributed by atoms with van der Waals surface area (Å²) in [6.07, 6.45) is 0. The van der Waals surface area contributed by atoms with Gasteiger partial charge < -0.3 is 24.5 Å². The second kappa shape index (κ2) is 9.79.